The average molecular weight is 250 g/mol. The van der Waals surface area contributed by atoms with Gasteiger partial charge in [-0.05, 0) is 13.0 Å². The molecule has 0 aliphatic heterocycles. The number of benzene rings is 1. The fraction of sp³-hybridized carbons (Fsp3) is 0.333. The molecule has 0 spiro atoms. The molecule has 6 nitrogen and oxygen atoms in total. The highest BCUT2D eigenvalue weighted by atomic mass is 16.5. The maximum absolute atomic E-state index is 9.28. The quantitative estimate of drug-likeness (QED) is 0.837. The van der Waals surface area contributed by atoms with Crippen LogP contribution >= 0.6 is 0 Å². The first-order valence-corrected chi connectivity index (χ1v) is 5.58. The Morgan fingerprint density at radius 3 is 2.89 bits per heavy atom. The van der Waals surface area contributed by atoms with Crippen LogP contribution in [0, 0.1) is 0 Å². The van der Waals surface area contributed by atoms with Crippen LogP contribution in [0.25, 0.3) is 0 Å². The molecule has 0 amide bonds. The lowest BCUT2D eigenvalue weighted by molar-refractivity contribution is 0.237. The highest BCUT2D eigenvalue weighted by molar-refractivity contribution is 5.46. The van der Waals surface area contributed by atoms with Gasteiger partial charge in [-0.1, -0.05) is 17.3 Å². The topological polar surface area (TPSA) is 77.6 Å². The largest absolute Gasteiger partial charge is 0.490 e. The summed E-state index contributed by atoms with van der Waals surface area (Å²) in [7, 11) is 0. The molecule has 0 unspecified atom stereocenters. The number of aliphatic hydroxyl groups is 1. The molecule has 1 aromatic carbocycles. The van der Waals surface area contributed by atoms with E-state index in [2.05, 4.69) is 14.7 Å². The number of aromatic nitrogens is 2. The molecule has 0 aliphatic rings. The predicted octanol–water partition coefficient (Wildman–Crippen LogP) is 1.54. The van der Waals surface area contributed by atoms with Crippen molar-refractivity contribution in [3.05, 3.63) is 36.0 Å². The van der Waals surface area contributed by atoms with E-state index in [0.717, 1.165) is 0 Å². The molecule has 0 saturated heterocycles. The van der Waals surface area contributed by atoms with Crippen molar-refractivity contribution in [1.29, 1.82) is 0 Å². The molecule has 0 aliphatic carbocycles. The zero-order valence-corrected chi connectivity index (χ0v) is 10.00. The molecule has 1 heterocycles. The maximum atomic E-state index is 9.28. The molecule has 1 N–H and O–H groups in total. The van der Waals surface area contributed by atoms with Gasteiger partial charge in [0.2, 0.25) is 12.2 Å². The fourth-order valence-corrected chi connectivity index (χ4v) is 1.51. The monoisotopic (exact) mass is 250 g/mol. The Balaban J connectivity index is 2.18. The minimum atomic E-state index is -0.123. The van der Waals surface area contributed by atoms with E-state index in [9.17, 15) is 5.11 Å². The smallest absolute Gasteiger partial charge is 0.213 e. The van der Waals surface area contributed by atoms with Crippen molar-refractivity contribution >= 4 is 0 Å². The van der Waals surface area contributed by atoms with Gasteiger partial charge >= 0.3 is 0 Å². The molecule has 0 radical (unpaired) electrons. The van der Waals surface area contributed by atoms with E-state index in [1.54, 1.807) is 18.2 Å². The highest BCUT2D eigenvalue weighted by Crippen LogP contribution is 2.31. The summed E-state index contributed by atoms with van der Waals surface area (Å²) >= 11 is 0. The lowest BCUT2D eigenvalue weighted by atomic mass is 10.2. The Morgan fingerprint density at radius 1 is 1.33 bits per heavy atom. The minimum absolute atomic E-state index is 0.123. The number of ether oxygens (including phenoxy) is 2. The van der Waals surface area contributed by atoms with Gasteiger partial charge in [0, 0.05) is 5.56 Å². The average Bonchev–Trinajstić information content (AvgIpc) is 2.90. The molecule has 0 bridgehead atoms. The van der Waals surface area contributed by atoms with Gasteiger partial charge in [0.05, 0.1) is 13.2 Å². The summed E-state index contributed by atoms with van der Waals surface area (Å²) in [6.45, 7) is 2.44. The normalized spacial score (nSPS) is 10.3. The second-order valence-corrected chi connectivity index (χ2v) is 3.47. The first-order valence-electron chi connectivity index (χ1n) is 5.58. The van der Waals surface area contributed by atoms with E-state index < -0.39 is 0 Å². The number of aliphatic hydroxyl groups excluding tert-OH is 1. The zero-order valence-electron chi connectivity index (χ0n) is 10.00. The summed E-state index contributed by atoms with van der Waals surface area (Å²) < 4.78 is 15.7. The number of para-hydroxylation sites is 1. The first-order chi connectivity index (χ1) is 8.85. The summed E-state index contributed by atoms with van der Waals surface area (Å²) in [5.74, 6) is 1.53. The van der Waals surface area contributed by atoms with Crippen LogP contribution in [0.2, 0.25) is 0 Å². The number of nitrogens with zero attached hydrogens (tertiary/aromatic N) is 2. The van der Waals surface area contributed by atoms with Crippen LogP contribution in [0.4, 0.5) is 0 Å². The van der Waals surface area contributed by atoms with Gasteiger partial charge in [-0.2, -0.15) is 4.98 Å². The van der Waals surface area contributed by atoms with Gasteiger partial charge in [0.25, 0.3) is 0 Å². The summed E-state index contributed by atoms with van der Waals surface area (Å²) in [5.41, 5.74) is 0.657. The SMILES string of the molecule is CCOc1cccc(CO)c1OCc1ncon1. The Morgan fingerprint density at radius 2 is 2.22 bits per heavy atom. The van der Waals surface area contributed by atoms with Crippen LogP contribution in [-0.2, 0) is 13.2 Å². The van der Waals surface area contributed by atoms with Crippen LogP contribution in [0.15, 0.2) is 29.1 Å². The molecule has 96 valence electrons. The highest BCUT2D eigenvalue weighted by Gasteiger charge is 2.11. The van der Waals surface area contributed by atoms with E-state index in [0.29, 0.717) is 29.5 Å². The Labute approximate surface area is 104 Å². The molecular weight excluding hydrogens is 236 g/mol. The molecule has 1 aromatic heterocycles. The van der Waals surface area contributed by atoms with Gasteiger partial charge in [-0.25, -0.2) is 0 Å². The summed E-state index contributed by atoms with van der Waals surface area (Å²) in [4.78, 5) is 3.86. The van der Waals surface area contributed by atoms with Crippen LogP contribution in [-0.4, -0.2) is 21.9 Å². The van der Waals surface area contributed by atoms with Crippen LogP contribution in [0.5, 0.6) is 11.5 Å². The van der Waals surface area contributed by atoms with Gasteiger partial charge < -0.3 is 19.1 Å². The summed E-state index contributed by atoms with van der Waals surface area (Å²) in [6, 6.07) is 5.36. The molecule has 0 saturated carbocycles. The third-order valence-corrected chi connectivity index (χ3v) is 2.28. The van der Waals surface area contributed by atoms with Crippen molar-refractivity contribution < 1.29 is 19.1 Å². The second-order valence-electron chi connectivity index (χ2n) is 3.47. The number of hydrogen-bond acceptors (Lipinski definition) is 6. The van der Waals surface area contributed by atoms with Gasteiger partial charge in [0.1, 0.15) is 0 Å². The molecule has 2 rings (SSSR count). The molecule has 0 atom stereocenters. The van der Waals surface area contributed by atoms with Crippen molar-refractivity contribution in [3.63, 3.8) is 0 Å². The first kappa shape index (κ1) is 12.4. The van der Waals surface area contributed by atoms with Crippen LogP contribution in [0.1, 0.15) is 18.3 Å². The second kappa shape index (κ2) is 6.02. The summed E-state index contributed by atoms with van der Waals surface area (Å²) in [5, 5.41) is 12.9. The predicted molar refractivity (Wildman–Crippen MR) is 62.2 cm³/mol. The van der Waals surface area contributed by atoms with Crippen molar-refractivity contribution in [2.45, 2.75) is 20.1 Å². The lowest BCUT2D eigenvalue weighted by Crippen LogP contribution is -2.03. The van der Waals surface area contributed by atoms with E-state index in [4.69, 9.17) is 9.47 Å². The van der Waals surface area contributed by atoms with Crippen molar-refractivity contribution in [2.24, 2.45) is 0 Å². The third-order valence-electron chi connectivity index (χ3n) is 2.28. The fourth-order valence-electron chi connectivity index (χ4n) is 1.51. The molecule has 18 heavy (non-hydrogen) atoms. The Kier molecular flexibility index (Phi) is 4.14. The molecule has 0 fully saturated rings. The zero-order chi connectivity index (χ0) is 12.8. The van der Waals surface area contributed by atoms with Gasteiger partial charge in [-0.3, -0.25) is 0 Å². The van der Waals surface area contributed by atoms with E-state index >= 15 is 0 Å². The van der Waals surface area contributed by atoms with Crippen molar-refractivity contribution in [3.8, 4) is 11.5 Å². The standard InChI is InChI=1S/C12H14N2O4/c1-2-16-10-5-3-4-9(6-15)12(10)17-7-11-13-8-18-14-11/h3-5,8,15H,2,6-7H2,1H3. The van der Waals surface area contributed by atoms with Crippen LogP contribution < -0.4 is 9.47 Å². The molecule has 6 heteroatoms. The van der Waals surface area contributed by atoms with Crippen molar-refractivity contribution in [2.75, 3.05) is 6.61 Å². The van der Waals surface area contributed by atoms with E-state index in [1.165, 1.54) is 6.39 Å². The third kappa shape index (κ3) is 2.78. The Bertz CT molecular complexity index is 485. The number of rotatable bonds is 6. The Hall–Kier alpha value is -2.08. The lowest BCUT2D eigenvalue weighted by Gasteiger charge is -2.13. The summed E-state index contributed by atoms with van der Waals surface area (Å²) in [6.07, 6.45) is 1.24. The van der Waals surface area contributed by atoms with Gasteiger partial charge in [-0.15, -0.1) is 0 Å². The molecular formula is C12H14N2O4. The maximum Gasteiger partial charge on any atom is 0.213 e. The van der Waals surface area contributed by atoms with Gasteiger partial charge in [0.15, 0.2) is 18.1 Å². The van der Waals surface area contributed by atoms with E-state index in [1.807, 2.05) is 6.92 Å². The van der Waals surface area contributed by atoms with Crippen molar-refractivity contribution in [1.82, 2.24) is 10.1 Å². The minimum Gasteiger partial charge on any atom is -0.490 e. The number of hydrogen-bond donors (Lipinski definition) is 1. The van der Waals surface area contributed by atoms with Crippen LogP contribution in [0.3, 0.4) is 0 Å². The van der Waals surface area contributed by atoms with E-state index in [-0.39, 0.29) is 13.2 Å². The molecule has 2 aromatic rings.